The molecule has 0 aromatic heterocycles. The Hall–Kier alpha value is -0.130. The third-order valence-corrected chi connectivity index (χ3v) is 5.01. The van der Waals surface area contributed by atoms with E-state index in [4.69, 9.17) is 9.52 Å². The van der Waals surface area contributed by atoms with Gasteiger partial charge in [0.1, 0.15) is 0 Å². The number of nitrogens with one attached hydrogen (secondary N) is 2. The molecule has 0 amide bonds. The SMILES string of the molecule is CS(=N)(=O)C1CNC2(CCOCC2)C1. The summed E-state index contributed by atoms with van der Waals surface area (Å²) in [7, 11) is -2.38. The smallest absolute Gasteiger partial charge is 0.0567 e. The van der Waals surface area contributed by atoms with Gasteiger partial charge in [-0.05, 0) is 19.3 Å². The van der Waals surface area contributed by atoms with Gasteiger partial charge >= 0.3 is 0 Å². The van der Waals surface area contributed by atoms with Crippen molar-refractivity contribution < 1.29 is 8.95 Å². The molecule has 0 bridgehead atoms. The van der Waals surface area contributed by atoms with Gasteiger partial charge in [-0.15, -0.1) is 0 Å². The standard InChI is InChI=1S/C9H18N2O2S/c1-14(10,12)8-6-9(11-7-8)2-4-13-5-3-9/h8,10-11H,2-7H2,1H3. The predicted molar refractivity (Wildman–Crippen MR) is 56.0 cm³/mol. The zero-order valence-corrected chi connectivity index (χ0v) is 9.36. The van der Waals surface area contributed by atoms with Crippen molar-refractivity contribution in [2.45, 2.75) is 30.1 Å². The minimum absolute atomic E-state index is 0.0283. The van der Waals surface area contributed by atoms with Gasteiger partial charge in [-0.2, -0.15) is 0 Å². The van der Waals surface area contributed by atoms with Crippen molar-refractivity contribution in [2.24, 2.45) is 0 Å². The number of ether oxygens (including phenoxy) is 1. The quantitative estimate of drug-likeness (QED) is 0.676. The molecule has 4 nitrogen and oxygen atoms in total. The minimum Gasteiger partial charge on any atom is -0.381 e. The fraction of sp³-hybridized carbons (Fsp3) is 1.00. The molecule has 5 heteroatoms. The van der Waals surface area contributed by atoms with Gasteiger partial charge in [0.2, 0.25) is 0 Å². The molecule has 0 aromatic rings. The highest BCUT2D eigenvalue weighted by atomic mass is 32.2. The third kappa shape index (κ3) is 1.94. The maximum atomic E-state index is 11.6. The fourth-order valence-corrected chi connectivity index (χ4v) is 3.41. The predicted octanol–water partition coefficient (Wildman–Crippen LogP) is 0.574. The first-order chi connectivity index (χ1) is 6.52. The summed E-state index contributed by atoms with van der Waals surface area (Å²) in [6.07, 6.45) is 4.44. The van der Waals surface area contributed by atoms with E-state index in [1.807, 2.05) is 0 Å². The molecule has 0 radical (unpaired) electrons. The molecular formula is C9H18N2O2S. The van der Waals surface area contributed by atoms with Gasteiger partial charge in [0, 0.05) is 41.3 Å². The molecule has 14 heavy (non-hydrogen) atoms. The average molecular weight is 218 g/mol. The van der Waals surface area contributed by atoms with Crippen LogP contribution in [0.25, 0.3) is 0 Å². The highest BCUT2D eigenvalue weighted by Gasteiger charge is 2.42. The van der Waals surface area contributed by atoms with E-state index < -0.39 is 9.73 Å². The van der Waals surface area contributed by atoms with E-state index in [-0.39, 0.29) is 10.8 Å². The van der Waals surface area contributed by atoms with Crippen LogP contribution in [0, 0.1) is 4.78 Å². The number of hydrogen-bond donors (Lipinski definition) is 2. The van der Waals surface area contributed by atoms with E-state index >= 15 is 0 Å². The lowest BCUT2D eigenvalue weighted by atomic mass is 9.89. The molecule has 2 atom stereocenters. The molecule has 0 saturated carbocycles. The van der Waals surface area contributed by atoms with Crippen LogP contribution < -0.4 is 5.32 Å². The van der Waals surface area contributed by atoms with E-state index in [1.54, 1.807) is 6.26 Å². The van der Waals surface area contributed by atoms with Gasteiger partial charge in [0.25, 0.3) is 0 Å². The van der Waals surface area contributed by atoms with Crippen LogP contribution in [0.5, 0.6) is 0 Å². The highest BCUT2D eigenvalue weighted by molar-refractivity contribution is 7.92. The third-order valence-electron chi connectivity index (χ3n) is 3.41. The molecule has 1 spiro atoms. The summed E-state index contributed by atoms with van der Waals surface area (Å²) < 4.78 is 24.5. The van der Waals surface area contributed by atoms with Gasteiger partial charge < -0.3 is 10.1 Å². The van der Waals surface area contributed by atoms with Crippen molar-refractivity contribution in [1.82, 2.24) is 5.32 Å². The fourth-order valence-electron chi connectivity index (χ4n) is 2.37. The summed E-state index contributed by atoms with van der Waals surface area (Å²) in [5, 5.41) is 3.48. The lowest BCUT2D eigenvalue weighted by Gasteiger charge is -2.33. The van der Waals surface area contributed by atoms with Gasteiger partial charge in [-0.1, -0.05) is 0 Å². The lowest BCUT2D eigenvalue weighted by molar-refractivity contribution is 0.0459. The van der Waals surface area contributed by atoms with Gasteiger partial charge in [-0.3, -0.25) is 4.78 Å². The maximum Gasteiger partial charge on any atom is 0.0567 e. The molecule has 2 saturated heterocycles. The van der Waals surface area contributed by atoms with Gasteiger partial charge in [0.05, 0.1) is 5.25 Å². The van der Waals surface area contributed by atoms with Gasteiger partial charge in [0.15, 0.2) is 0 Å². The van der Waals surface area contributed by atoms with Crippen molar-refractivity contribution in [3.05, 3.63) is 0 Å². The molecule has 82 valence electrons. The van der Waals surface area contributed by atoms with Crippen LogP contribution in [-0.2, 0) is 14.5 Å². The molecule has 2 rings (SSSR count). The maximum absolute atomic E-state index is 11.6. The molecule has 2 heterocycles. The van der Waals surface area contributed by atoms with Crippen LogP contribution in [0.1, 0.15) is 19.3 Å². The number of rotatable bonds is 1. The van der Waals surface area contributed by atoms with Crippen LogP contribution in [0.2, 0.25) is 0 Å². The second-order valence-corrected chi connectivity index (χ2v) is 6.98. The second-order valence-electron chi connectivity index (χ2n) is 4.50. The zero-order valence-electron chi connectivity index (χ0n) is 8.54. The lowest BCUT2D eigenvalue weighted by Crippen LogP contribution is -2.44. The van der Waals surface area contributed by atoms with Gasteiger partial charge in [-0.25, -0.2) is 4.21 Å². The Morgan fingerprint density at radius 2 is 2.14 bits per heavy atom. The van der Waals surface area contributed by atoms with E-state index in [0.29, 0.717) is 0 Å². The Kier molecular flexibility index (Phi) is 2.57. The Morgan fingerprint density at radius 3 is 2.64 bits per heavy atom. The molecule has 2 aliphatic heterocycles. The van der Waals surface area contributed by atoms with Crippen molar-refractivity contribution >= 4 is 9.73 Å². The van der Waals surface area contributed by atoms with E-state index in [1.165, 1.54) is 0 Å². The largest absolute Gasteiger partial charge is 0.381 e. The molecule has 2 unspecified atom stereocenters. The Bertz CT molecular complexity index is 307. The summed E-state index contributed by atoms with van der Waals surface area (Å²) in [4.78, 5) is 0. The monoisotopic (exact) mass is 218 g/mol. The summed E-state index contributed by atoms with van der Waals surface area (Å²) >= 11 is 0. The summed E-state index contributed by atoms with van der Waals surface area (Å²) in [6.45, 7) is 2.32. The van der Waals surface area contributed by atoms with Crippen molar-refractivity contribution in [2.75, 3.05) is 26.0 Å². The van der Waals surface area contributed by atoms with Crippen molar-refractivity contribution in [3.63, 3.8) is 0 Å². The summed E-state index contributed by atoms with van der Waals surface area (Å²) in [6, 6.07) is 0. The second kappa shape index (κ2) is 3.47. The van der Waals surface area contributed by atoms with Crippen molar-refractivity contribution in [1.29, 1.82) is 4.78 Å². The van der Waals surface area contributed by atoms with Crippen LogP contribution in [0.15, 0.2) is 0 Å². The normalized spacial score (nSPS) is 35.6. The molecule has 0 aromatic carbocycles. The minimum atomic E-state index is -2.38. The Labute approximate surface area is 85.4 Å². The van der Waals surface area contributed by atoms with E-state index in [9.17, 15) is 4.21 Å². The van der Waals surface area contributed by atoms with Crippen LogP contribution in [0.4, 0.5) is 0 Å². The molecule has 2 fully saturated rings. The molecule has 2 aliphatic rings. The topological polar surface area (TPSA) is 62.2 Å². The first kappa shape index (κ1) is 10.4. The number of hydrogen-bond acceptors (Lipinski definition) is 4. The molecular weight excluding hydrogens is 200 g/mol. The Morgan fingerprint density at radius 1 is 1.50 bits per heavy atom. The van der Waals surface area contributed by atoms with Crippen LogP contribution >= 0.6 is 0 Å². The van der Waals surface area contributed by atoms with Crippen molar-refractivity contribution in [3.8, 4) is 0 Å². The van der Waals surface area contributed by atoms with E-state index in [2.05, 4.69) is 5.32 Å². The molecule has 2 N–H and O–H groups in total. The summed E-state index contributed by atoms with van der Waals surface area (Å²) in [5.41, 5.74) is 0.128. The first-order valence-electron chi connectivity index (χ1n) is 5.07. The zero-order chi connectivity index (χ0) is 10.2. The van der Waals surface area contributed by atoms with Crippen LogP contribution in [-0.4, -0.2) is 41.0 Å². The highest BCUT2D eigenvalue weighted by Crippen LogP contribution is 2.32. The van der Waals surface area contributed by atoms with Crippen LogP contribution in [0.3, 0.4) is 0 Å². The first-order valence-corrected chi connectivity index (χ1v) is 7.10. The summed E-state index contributed by atoms with van der Waals surface area (Å²) in [5.74, 6) is 0. The average Bonchev–Trinajstić information content (AvgIpc) is 2.50. The Balaban J connectivity index is 2.06. The van der Waals surface area contributed by atoms with E-state index in [0.717, 1.165) is 39.0 Å². The molecule has 0 aliphatic carbocycles.